The minimum Gasteiger partial charge on any atom is -0.381 e. The average Bonchev–Trinajstić information content (AvgIpc) is 2.33. The van der Waals surface area contributed by atoms with Crippen LogP contribution in [0.2, 0.25) is 0 Å². The van der Waals surface area contributed by atoms with Crippen LogP contribution in [0.3, 0.4) is 0 Å². The van der Waals surface area contributed by atoms with Gasteiger partial charge in [-0.3, -0.25) is 0 Å². The van der Waals surface area contributed by atoms with Gasteiger partial charge in [0.1, 0.15) is 5.82 Å². The molecule has 90 valence electrons. The van der Waals surface area contributed by atoms with Gasteiger partial charge < -0.3 is 4.74 Å². The number of rotatable bonds is 1. The van der Waals surface area contributed by atoms with Crippen molar-refractivity contribution in [2.24, 2.45) is 0 Å². The van der Waals surface area contributed by atoms with Gasteiger partial charge in [0.25, 0.3) is 0 Å². The Bertz CT molecular complexity index is 299. The molecule has 16 heavy (non-hydrogen) atoms. The summed E-state index contributed by atoms with van der Waals surface area (Å²) < 4.78 is 18.2. The molecule has 1 unspecified atom stereocenters. The van der Waals surface area contributed by atoms with Gasteiger partial charge in [-0.15, -0.1) is 0 Å². The fourth-order valence-corrected chi connectivity index (χ4v) is 2.01. The van der Waals surface area contributed by atoms with E-state index in [9.17, 15) is 4.39 Å². The number of halogens is 1. The van der Waals surface area contributed by atoms with E-state index in [2.05, 4.69) is 6.92 Å². The highest BCUT2D eigenvalue weighted by Crippen LogP contribution is 2.32. The lowest BCUT2D eigenvalue weighted by atomic mass is 9.78. The van der Waals surface area contributed by atoms with Crippen LogP contribution in [0.4, 0.5) is 4.39 Å². The summed E-state index contributed by atoms with van der Waals surface area (Å²) in [6.07, 6.45) is 2.21. The van der Waals surface area contributed by atoms with Gasteiger partial charge in [-0.1, -0.05) is 32.9 Å². The van der Waals surface area contributed by atoms with Crippen molar-refractivity contribution in [1.82, 2.24) is 0 Å². The van der Waals surface area contributed by atoms with Crippen LogP contribution < -0.4 is 0 Å². The average molecular weight is 224 g/mol. The molecule has 1 fully saturated rings. The van der Waals surface area contributed by atoms with Crippen molar-refractivity contribution in [2.45, 2.75) is 39.0 Å². The standard InChI is InChI=1S/C12H15FO.C2H6/c1-12(7-2-8-14-9-12)10-3-5-11(13)6-4-10;1-2/h3-6H,2,7-9H2,1H3;1-2H3. The molecule has 1 saturated heterocycles. The van der Waals surface area contributed by atoms with Gasteiger partial charge in [-0.05, 0) is 30.5 Å². The molecule has 0 bridgehead atoms. The summed E-state index contributed by atoms with van der Waals surface area (Å²) in [6, 6.07) is 6.78. The SMILES string of the molecule is CC.CC1(c2ccc(F)cc2)CCCOC1. The smallest absolute Gasteiger partial charge is 0.123 e. The van der Waals surface area contributed by atoms with Crippen LogP contribution in [0.25, 0.3) is 0 Å². The summed E-state index contributed by atoms with van der Waals surface area (Å²) in [5.74, 6) is -0.172. The predicted molar refractivity (Wildman–Crippen MR) is 65.2 cm³/mol. The molecule has 1 aromatic rings. The first-order chi connectivity index (χ1) is 7.71. The molecule has 1 aliphatic heterocycles. The zero-order chi connectivity index (χ0) is 12.0. The number of hydrogen-bond donors (Lipinski definition) is 0. The maximum atomic E-state index is 12.7. The zero-order valence-corrected chi connectivity index (χ0v) is 10.4. The number of benzene rings is 1. The first-order valence-electron chi connectivity index (χ1n) is 6.04. The summed E-state index contributed by atoms with van der Waals surface area (Å²) >= 11 is 0. The predicted octanol–water partition coefficient (Wildman–Crippen LogP) is 3.92. The minimum atomic E-state index is -0.172. The van der Waals surface area contributed by atoms with Crippen molar-refractivity contribution in [2.75, 3.05) is 13.2 Å². The highest BCUT2D eigenvalue weighted by Gasteiger charge is 2.29. The van der Waals surface area contributed by atoms with E-state index >= 15 is 0 Å². The van der Waals surface area contributed by atoms with Crippen LogP contribution in [-0.2, 0) is 10.2 Å². The Morgan fingerprint density at radius 1 is 1.19 bits per heavy atom. The normalized spacial score (nSPS) is 24.5. The molecule has 1 aromatic carbocycles. The summed E-state index contributed by atoms with van der Waals surface area (Å²) in [6.45, 7) is 7.79. The van der Waals surface area contributed by atoms with E-state index in [1.807, 2.05) is 26.0 Å². The van der Waals surface area contributed by atoms with Gasteiger partial charge in [0.2, 0.25) is 0 Å². The third-order valence-corrected chi connectivity index (χ3v) is 2.98. The molecule has 0 spiro atoms. The van der Waals surface area contributed by atoms with Gasteiger partial charge in [-0.25, -0.2) is 4.39 Å². The Kier molecular flexibility index (Phi) is 4.94. The molecular weight excluding hydrogens is 203 g/mol. The van der Waals surface area contributed by atoms with Crippen LogP contribution >= 0.6 is 0 Å². The second kappa shape index (κ2) is 6.00. The topological polar surface area (TPSA) is 9.23 Å². The third kappa shape index (κ3) is 3.05. The van der Waals surface area contributed by atoms with Crippen molar-refractivity contribution in [3.8, 4) is 0 Å². The first kappa shape index (κ1) is 13.2. The van der Waals surface area contributed by atoms with Crippen molar-refractivity contribution in [3.63, 3.8) is 0 Å². The highest BCUT2D eigenvalue weighted by atomic mass is 19.1. The lowest BCUT2D eigenvalue weighted by Crippen LogP contribution is -2.32. The number of hydrogen-bond acceptors (Lipinski definition) is 1. The van der Waals surface area contributed by atoms with Crippen molar-refractivity contribution in [3.05, 3.63) is 35.6 Å². The highest BCUT2D eigenvalue weighted by molar-refractivity contribution is 5.25. The van der Waals surface area contributed by atoms with Gasteiger partial charge in [0.05, 0.1) is 6.61 Å². The van der Waals surface area contributed by atoms with Gasteiger partial charge in [0, 0.05) is 12.0 Å². The molecule has 2 rings (SSSR count). The van der Waals surface area contributed by atoms with Crippen LogP contribution in [0.1, 0.15) is 39.2 Å². The maximum Gasteiger partial charge on any atom is 0.123 e. The molecule has 0 N–H and O–H groups in total. The molecular formula is C14H21FO. The molecule has 1 nitrogen and oxygen atoms in total. The number of ether oxygens (including phenoxy) is 1. The second-order valence-electron chi connectivity index (χ2n) is 4.22. The van der Waals surface area contributed by atoms with Gasteiger partial charge in [0.15, 0.2) is 0 Å². The Balaban J connectivity index is 0.000000606. The summed E-state index contributed by atoms with van der Waals surface area (Å²) in [4.78, 5) is 0. The lowest BCUT2D eigenvalue weighted by molar-refractivity contribution is 0.0419. The monoisotopic (exact) mass is 224 g/mol. The van der Waals surface area contributed by atoms with Crippen LogP contribution in [0.5, 0.6) is 0 Å². The molecule has 2 heteroatoms. The third-order valence-electron chi connectivity index (χ3n) is 2.98. The Labute approximate surface area is 97.6 Å². The molecule has 0 aliphatic carbocycles. The van der Waals surface area contributed by atoms with Crippen LogP contribution in [0, 0.1) is 5.82 Å². The van der Waals surface area contributed by atoms with Crippen LogP contribution in [0.15, 0.2) is 24.3 Å². The quantitative estimate of drug-likeness (QED) is 0.702. The summed E-state index contributed by atoms with van der Waals surface area (Å²) in [5.41, 5.74) is 1.25. The Morgan fingerprint density at radius 2 is 1.81 bits per heavy atom. The molecule has 0 saturated carbocycles. The molecule has 0 aromatic heterocycles. The Morgan fingerprint density at radius 3 is 2.31 bits per heavy atom. The minimum absolute atomic E-state index is 0.0753. The van der Waals surface area contributed by atoms with Gasteiger partial charge >= 0.3 is 0 Å². The summed E-state index contributed by atoms with van der Waals surface area (Å²) in [5, 5.41) is 0. The largest absolute Gasteiger partial charge is 0.381 e. The van der Waals surface area contributed by atoms with Crippen molar-refractivity contribution < 1.29 is 9.13 Å². The fourth-order valence-electron chi connectivity index (χ4n) is 2.01. The summed E-state index contributed by atoms with van der Waals surface area (Å²) in [7, 11) is 0. The van der Waals surface area contributed by atoms with E-state index in [1.54, 1.807) is 0 Å². The second-order valence-corrected chi connectivity index (χ2v) is 4.22. The van der Waals surface area contributed by atoms with Crippen LogP contribution in [-0.4, -0.2) is 13.2 Å². The van der Waals surface area contributed by atoms with Gasteiger partial charge in [-0.2, -0.15) is 0 Å². The van der Waals surface area contributed by atoms with E-state index < -0.39 is 0 Å². The molecule has 1 atom stereocenters. The molecule has 0 amide bonds. The molecule has 1 aliphatic rings. The van der Waals surface area contributed by atoms with E-state index in [0.29, 0.717) is 0 Å². The van der Waals surface area contributed by atoms with E-state index in [4.69, 9.17) is 4.74 Å². The van der Waals surface area contributed by atoms with E-state index in [1.165, 1.54) is 17.7 Å². The molecule has 0 radical (unpaired) electrons. The van der Waals surface area contributed by atoms with Crippen molar-refractivity contribution >= 4 is 0 Å². The molecule has 1 heterocycles. The first-order valence-corrected chi connectivity index (χ1v) is 6.04. The maximum absolute atomic E-state index is 12.7. The van der Waals surface area contributed by atoms with Crippen molar-refractivity contribution in [1.29, 1.82) is 0 Å². The van der Waals surface area contributed by atoms with E-state index in [0.717, 1.165) is 26.1 Å². The zero-order valence-electron chi connectivity index (χ0n) is 10.4. The lowest BCUT2D eigenvalue weighted by Gasteiger charge is -2.33. The fraction of sp³-hybridized carbons (Fsp3) is 0.571. The van der Waals surface area contributed by atoms with E-state index in [-0.39, 0.29) is 11.2 Å². The Hall–Kier alpha value is -0.890.